The zero-order valence-corrected chi connectivity index (χ0v) is 13.4. The molecule has 7 nitrogen and oxygen atoms in total. The molecule has 1 N–H and O–H groups in total. The van der Waals surface area contributed by atoms with Gasteiger partial charge in [0.1, 0.15) is 5.52 Å². The van der Waals surface area contributed by atoms with Crippen LogP contribution in [0.25, 0.3) is 22.2 Å². The van der Waals surface area contributed by atoms with E-state index in [0.29, 0.717) is 30.5 Å². The van der Waals surface area contributed by atoms with Crippen LogP contribution in [0.5, 0.6) is 0 Å². The van der Waals surface area contributed by atoms with Gasteiger partial charge in [0, 0.05) is 25.8 Å². The number of pyridine rings is 1. The number of hydrogen-bond acceptors (Lipinski definition) is 7. The van der Waals surface area contributed by atoms with E-state index in [1.165, 1.54) is 12.8 Å². The van der Waals surface area contributed by atoms with Crippen LogP contribution in [0.1, 0.15) is 12.8 Å². The number of anilines is 2. The zero-order valence-electron chi connectivity index (χ0n) is 13.4. The molecule has 3 aromatic rings. The molecule has 1 saturated heterocycles. The van der Waals surface area contributed by atoms with Crippen molar-refractivity contribution in [2.45, 2.75) is 12.8 Å². The molecule has 0 aromatic carbocycles. The van der Waals surface area contributed by atoms with Crippen LogP contribution in [0.15, 0.2) is 22.7 Å². The van der Waals surface area contributed by atoms with Gasteiger partial charge in [0.25, 0.3) is 0 Å². The summed E-state index contributed by atoms with van der Waals surface area (Å²) in [7, 11) is 0. The molecule has 4 heterocycles. The molecule has 0 amide bonds. The maximum atomic E-state index is 5.98. The number of rotatable bonds is 4. The molecule has 124 valence electrons. The minimum absolute atomic E-state index is 0.607. The highest BCUT2D eigenvalue weighted by atomic mass is 16.5. The molecule has 0 atom stereocenters. The maximum Gasteiger partial charge on any atom is 0.229 e. The molecule has 0 radical (unpaired) electrons. The number of morpholine rings is 1. The fraction of sp³-hybridized carbons (Fsp3) is 0.471. The Balaban J connectivity index is 1.64. The Kier molecular flexibility index (Phi) is 3.26. The second-order valence-electron chi connectivity index (χ2n) is 6.43. The van der Waals surface area contributed by atoms with Crippen molar-refractivity contribution in [1.29, 1.82) is 0 Å². The van der Waals surface area contributed by atoms with Crippen molar-refractivity contribution in [3.05, 3.63) is 18.3 Å². The average Bonchev–Trinajstić information content (AvgIpc) is 3.39. The van der Waals surface area contributed by atoms with Gasteiger partial charge in [-0.15, -0.1) is 0 Å². The first-order chi connectivity index (χ1) is 11.9. The van der Waals surface area contributed by atoms with E-state index in [2.05, 4.69) is 15.2 Å². The van der Waals surface area contributed by atoms with Gasteiger partial charge in [0.15, 0.2) is 11.4 Å². The van der Waals surface area contributed by atoms with Crippen LogP contribution in [0.2, 0.25) is 0 Å². The number of fused-ring (bicyclic) bond motifs is 3. The number of ether oxygens (including phenoxy) is 1. The van der Waals surface area contributed by atoms with Crippen molar-refractivity contribution >= 4 is 34.0 Å². The molecule has 1 saturated carbocycles. The fourth-order valence-corrected chi connectivity index (χ4v) is 3.09. The number of nitrogens with zero attached hydrogens (tertiary/aromatic N) is 4. The summed E-state index contributed by atoms with van der Waals surface area (Å²) in [5.74, 6) is 2.26. The van der Waals surface area contributed by atoms with Gasteiger partial charge in [-0.2, -0.15) is 4.98 Å². The molecule has 2 fully saturated rings. The van der Waals surface area contributed by atoms with Crippen molar-refractivity contribution in [2.24, 2.45) is 5.92 Å². The quantitative estimate of drug-likeness (QED) is 0.789. The number of nitrogens with one attached hydrogen (secondary N) is 1. The lowest BCUT2D eigenvalue weighted by Gasteiger charge is -2.27. The monoisotopic (exact) mass is 325 g/mol. The van der Waals surface area contributed by atoms with Crippen LogP contribution in [-0.2, 0) is 4.74 Å². The van der Waals surface area contributed by atoms with Gasteiger partial charge in [0.2, 0.25) is 11.7 Å². The van der Waals surface area contributed by atoms with Crippen molar-refractivity contribution in [2.75, 3.05) is 43.1 Å². The van der Waals surface area contributed by atoms with E-state index >= 15 is 0 Å². The Labute approximate surface area is 139 Å². The van der Waals surface area contributed by atoms with Gasteiger partial charge < -0.3 is 19.4 Å². The van der Waals surface area contributed by atoms with E-state index < -0.39 is 0 Å². The summed E-state index contributed by atoms with van der Waals surface area (Å²) >= 11 is 0. The summed E-state index contributed by atoms with van der Waals surface area (Å²) in [4.78, 5) is 16.0. The highest BCUT2D eigenvalue weighted by molar-refractivity contribution is 6.05. The van der Waals surface area contributed by atoms with E-state index in [0.717, 1.165) is 42.3 Å². The fourth-order valence-electron chi connectivity index (χ4n) is 3.09. The molecule has 1 aliphatic heterocycles. The lowest BCUT2D eigenvalue weighted by atomic mass is 10.3. The first kappa shape index (κ1) is 14.0. The molecule has 0 unspecified atom stereocenters. The van der Waals surface area contributed by atoms with Crippen molar-refractivity contribution < 1.29 is 9.15 Å². The van der Waals surface area contributed by atoms with Gasteiger partial charge in [-0.05, 0) is 30.9 Å². The van der Waals surface area contributed by atoms with E-state index in [1.807, 2.05) is 12.1 Å². The van der Waals surface area contributed by atoms with Gasteiger partial charge in [-0.25, -0.2) is 9.97 Å². The Bertz CT molecular complexity index is 883. The highest BCUT2D eigenvalue weighted by Crippen LogP contribution is 2.34. The lowest BCUT2D eigenvalue weighted by molar-refractivity contribution is 0.122. The summed E-state index contributed by atoms with van der Waals surface area (Å²) in [6.07, 6.45) is 4.33. The minimum atomic E-state index is 0.607. The third kappa shape index (κ3) is 2.45. The first-order valence-electron chi connectivity index (χ1n) is 8.50. The largest absolute Gasteiger partial charge is 0.432 e. The molecule has 0 bridgehead atoms. The van der Waals surface area contributed by atoms with Gasteiger partial charge in [-0.1, -0.05) is 0 Å². The van der Waals surface area contributed by atoms with Crippen LogP contribution < -0.4 is 10.2 Å². The summed E-state index contributed by atoms with van der Waals surface area (Å²) in [6, 6.07) is 3.90. The van der Waals surface area contributed by atoms with Gasteiger partial charge in [-0.3, -0.25) is 0 Å². The summed E-state index contributed by atoms with van der Waals surface area (Å²) < 4.78 is 11.4. The van der Waals surface area contributed by atoms with Crippen LogP contribution in [0.4, 0.5) is 11.8 Å². The predicted octanol–water partition coefficient (Wildman–Crippen LogP) is 2.43. The van der Waals surface area contributed by atoms with E-state index in [4.69, 9.17) is 19.1 Å². The minimum Gasteiger partial charge on any atom is -0.432 e. The van der Waals surface area contributed by atoms with Crippen molar-refractivity contribution in [3.63, 3.8) is 0 Å². The maximum absolute atomic E-state index is 5.98. The molecule has 7 heteroatoms. The standard InChI is InChI=1S/C17H19N5O2/c1-2-12-13-14(24-16(12)18-5-1)15(22-6-8-23-9-7-22)21-17(20-13)19-10-11-3-4-11/h1-2,5,11H,3-4,6-10H2,(H,19,20,21). The predicted molar refractivity (Wildman–Crippen MR) is 91.4 cm³/mol. The smallest absolute Gasteiger partial charge is 0.229 e. The third-order valence-electron chi connectivity index (χ3n) is 4.63. The van der Waals surface area contributed by atoms with E-state index in [9.17, 15) is 0 Å². The number of furan rings is 1. The summed E-state index contributed by atoms with van der Waals surface area (Å²) in [5.41, 5.74) is 2.14. The van der Waals surface area contributed by atoms with Crippen LogP contribution >= 0.6 is 0 Å². The Morgan fingerprint density at radius 1 is 1.21 bits per heavy atom. The average molecular weight is 325 g/mol. The van der Waals surface area contributed by atoms with Crippen molar-refractivity contribution in [3.8, 4) is 0 Å². The first-order valence-corrected chi connectivity index (χ1v) is 8.50. The van der Waals surface area contributed by atoms with Gasteiger partial charge >= 0.3 is 0 Å². The van der Waals surface area contributed by atoms with Gasteiger partial charge in [0.05, 0.1) is 18.6 Å². The molecule has 1 aliphatic carbocycles. The van der Waals surface area contributed by atoms with Crippen LogP contribution in [-0.4, -0.2) is 47.8 Å². The Morgan fingerprint density at radius 3 is 2.92 bits per heavy atom. The Hall–Kier alpha value is -2.41. The zero-order chi connectivity index (χ0) is 15.9. The molecule has 2 aliphatic rings. The third-order valence-corrected chi connectivity index (χ3v) is 4.63. The van der Waals surface area contributed by atoms with E-state index in [-0.39, 0.29) is 0 Å². The van der Waals surface area contributed by atoms with E-state index in [1.54, 1.807) is 6.20 Å². The van der Waals surface area contributed by atoms with Crippen molar-refractivity contribution in [1.82, 2.24) is 15.0 Å². The summed E-state index contributed by atoms with van der Waals surface area (Å²) in [5, 5.41) is 4.32. The normalized spacial score (nSPS) is 18.4. The van der Waals surface area contributed by atoms with Crippen LogP contribution in [0, 0.1) is 5.92 Å². The SMILES string of the molecule is c1cnc2oc3c(N4CCOCC4)nc(NCC4CC4)nc3c2c1. The number of aromatic nitrogens is 3. The molecule has 0 spiro atoms. The lowest BCUT2D eigenvalue weighted by Crippen LogP contribution is -2.37. The highest BCUT2D eigenvalue weighted by Gasteiger charge is 2.24. The topological polar surface area (TPSA) is 76.3 Å². The van der Waals surface area contributed by atoms with Crippen LogP contribution in [0.3, 0.4) is 0 Å². The molecule has 24 heavy (non-hydrogen) atoms. The second-order valence-corrected chi connectivity index (χ2v) is 6.43. The molecular formula is C17H19N5O2. The molecular weight excluding hydrogens is 306 g/mol. The number of hydrogen-bond donors (Lipinski definition) is 1. The molecule has 5 rings (SSSR count). The molecule has 3 aromatic heterocycles. The summed E-state index contributed by atoms with van der Waals surface area (Å²) in [6.45, 7) is 3.95. The Morgan fingerprint density at radius 2 is 2.08 bits per heavy atom. The second kappa shape index (κ2) is 5.59.